The Labute approximate surface area is 191 Å². The average molecular weight is 493 g/mol. The zero-order valence-electron chi connectivity index (χ0n) is 16.8. The Morgan fingerprint density at radius 1 is 1.23 bits per heavy atom. The van der Waals surface area contributed by atoms with Gasteiger partial charge in [-0.05, 0) is 56.3 Å². The molecule has 0 aliphatic carbocycles. The highest BCUT2D eigenvalue weighted by Gasteiger charge is 2.18. The lowest BCUT2D eigenvalue weighted by atomic mass is 10.1. The topological polar surface area (TPSA) is 76.1 Å². The summed E-state index contributed by atoms with van der Waals surface area (Å²) >= 11 is 4.86. The van der Waals surface area contributed by atoms with Crippen molar-refractivity contribution in [2.24, 2.45) is 0 Å². The van der Waals surface area contributed by atoms with Crippen LogP contribution in [0.1, 0.15) is 35.0 Å². The number of allylic oxidation sites excluding steroid dienone is 1. The second-order valence-corrected chi connectivity index (χ2v) is 8.95. The van der Waals surface area contributed by atoms with Crippen LogP contribution in [0.2, 0.25) is 0 Å². The Kier molecular flexibility index (Phi) is 6.03. The molecule has 0 fully saturated rings. The summed E-state index contributed by atoms with van der Waals surface area (Å²) in [5.41, 5.74) is 2.29. The van der Waals surface area contributed by atoms with Gasteiger partial charge >= 0.3 is 5.97 Å². The molecule has 0 amide bonds. The first-order valence-electron chi connectivity index (χ1n) is 9.53. The maximum absolute atomic E-state index is 12.6. The first-order chi connectivity index (χ1) is 14.9. The number of para-hydroxylation sites is 1. The number of nitrogens with zero attached hydrogens (tertiary/aromatic N) is 2. The molecule has 4 rings (SSSR count). The van der Waals surface area contributed by atoms with Crippen LogP contribution in [0.3, 0.4) is 0 Å². The van der Waals surface area contributed by atoms with Crippen molar-refractivity contribution in [1.82, 2.24) is 4.98 Å². The molecule has 2 aromatic carbocycles. The number of ether oxygens (including phenoxy) is 1. The van der Waals surface area contributed by atoms with Crippen molar-refractivity contribution >= 4 is 55.1 Å². The lowest BCUT2D eigenvalue weighted by Crippen LogP contribution is -2.12. The number of thiazole rings is 1. The molecule has 0 aliphatic heterocycles. The van der Waals surface area contributed by atoms with Gasteiger partial charge in [-0.15, -0.1) is 11.3 Å². The summed E-state index contributed by atoms with van der Waals surface area (Å²) in [6.45, 7) is 3.60. The highest BCUT2D eigenvalue weighted by Crippen LogP contribution is 2.32. The molecule has 5 nitrogen and oxygen atoms in total. The van der Waals surface area contributed by atoms with E-state index in [0.717, 1.165) is 14.7 Å². The van der Waals surface area contributed by atoms with Crippen LogP contribution < -0.4 is 0 Å². The number of aromatic nitrogens is 1. The number of furan rings is 1. The number of hydrogen-bond acceptors (Lipinski definition) is 6. The van der Waals surface area contributed by atoms with Crippen molar-refractivity contribution in [3.05, 3.63) is 75.4 Å². The molecule has 2 aromatic heterocycles. The fourth-order valence-corrected chi connectivity index (χ4v) is 4.32. The van der Waals surface area contributed by atoms with Gasteiger partial charge in [0.1, 0.15) is 22.6 Å². The van der Waals surface area contributed by atoms with Gasteiger partial charge in [-0.1, -0.05) is 28.1 Å². The van der Waals surface area contributed by atoms with Gasteiger partial charge in [-0.3, -0.25) is 0 Å². The molecule has 154 valence electrons. The van der Waals surface area contributed by atoms with E-state index in [-0.39, 0.29) is 6.10 Å². The number of carbonyl (C=O) groups excluding carboxylic acids is 1. The fourth-order valence-electron chi connectivity index (χ4n) is 3.02. The molecule has 31 heavy (non-hydrogen) atoms. The van der Waals surface area contributed by atoms with Crippen molar-refractivity contribution in [3.8, 4) is 17.4 Å². The van der Waals surface area contributed by atoms with E-state index in [1.165, 1.54) is 11.3 Å². The van der Waals surface area contributed by atoms with E-state index in [9.17, 15) is 10.1 Å². The zero-order valence-corrected chi connectivity index (χ0v) is 19.2. The summed E-state index contributed by atoms with van der Waals surface area (Å²) in [7, 11) is 0. The lowest BCUT2D eigenvalue weighted by Gasteiger charge is -2.11. The number of halogens is 1. The van der Waals surface area contributed by atoms with Crippen LogP contribution in [-0.4, -0.2) is 17.1 Å². The second-order valence-electron chi connectivity index (χ2n) is 7.00. The van der Waals surface area contributed by atoms with Gasteiger partial charge in [0.15, 0.2) is 0 Å². The Hall–Kier alpha value is -3.21. The fraction of sp³-hybridized carbons (Fsp3) is 0.125. The van der Waals surface area contributed by atoms with Gasteiger partial charge in [0.2, 0.25) is 0 Å². The van der Waals surface area contributed by atoms with Gasteiger partial charge in [0, 0.05) is 16.1 Å². The number of rotatable bonds is 5. The molecule has 0 saturated heterocycles. The number of nitriles is 1. The van der Waals surface area contributed by atoms with Crippen LogP contribution >= 0.6 is 27.3 Å². The van der Waals surface area contributed by atoms with Crippen LogP contribution in [0.25, 0.3) is 33.2 Å². The SMILES string of the molecule is CC(C)OC(=O)c1cc(Br)ccc1-c1ccc(/C=C(/C#N)c2nc3ccccc3s2)o1. The van der Waals surface area contributed by atoms with E-state index >= 15 is 0 Å². The minimum absolute atomic E-state index is 0.235. The molecule has 0 spiro atoms. The minimum atomic E-state index is -0.424. The molecule has 0 N–H and O–H groups in total. The van der Waals surface area contributed by atoms with E-state index in [1.807, 2.05) is 30.3 Å². The third-order valence-electron chi connectivity index (χ3n) is 4.37. The molecule has 7 heteroatoms. The van der Waals surface area contributed by atoms with Gasteiger partial charge in [0.25, 0.3) is 0 Å². The van der Waals surface area contributed by atoms with Gasteiger partial charge in [-0.2, -0.15) is 5.26 Å². The molecule has 0 radical (unpaired) electrons. The van der Waals surface area contributed by atoms with Crippen molar-refractivity contribution in [2.45, 2.75) is 20.0 Å². The van der Waals surface area contributed by atoms with Crippen LogP contribution in [0.4, 0.5) is 0 Å². The lowest BCUT2D eigenvalue weighted by molar-refractivity contribution is 0.0378. The standard InChI is InChI=1S/C24H17BrN2O3S/c1-14(2)29-24(28)19-12-16(25)7-9-18(19)21-10-8-17(30-21)11-15(13-26)23-27-20-5-3-4-6-22(20)31-23/h3-12,14H,1-2H3/b15-11-. The predicted molar refractivity (Wildman–Crippen MR) is 125 cm³/mol. The number of hydrogen-bond donors (Lipinski definition) is 0. The van der Waals surface area contributed by atoms with Gasteiger partial charge in [0.05, 0.1) is 27.5 Å². The quantitative estimate of drug-likeness (QED) is 0.222. The van der Waals surface area contributed by atoms with E-state index < -0.39 is 5.97 Å². The largest absolute Gasteiger partial charge is 0.459 e. The van der Waals surface area contributed by atoms with Crippen molar-refractivity contribution < 1.29 is 13.9 Å². The Bertz CT molecular complexity index is 1310. The summed E-state index contributed by atoms with van der Waals surface area (Å²) in [5.74, 6) is 0.583. The van der Waals surface area contributed by atoms with E-state index in [0.29, 0.717) is 33.2 Å². The normalized spacial score (nSPS) is 11.6. The number of carbonyl (C=O) groups is 1. The molecule has 0 aliphatic rings. The first kappa shape index (κ1) is 21.0. The summed E-state index contributed by atoms with van der Waals surface area (Å²) in [6.07, 6.45) is 1.42. The predicted octanol–water partition coefficient (Wildman–Crippen LogP) is 6.95. The molecule has 4 aromatic rings. The minimum Gasteiger partial charge on any atom is -0.459 e. The van der Waals surface area contributed by atoms with Crippen molar-refractivity contribution in [2.75, 3.05) is 0 Å². The van der Waals surface area contributed by atoms with Crippen molar-refractivity contribution in [1.29, 1.82) is 5.26 Å². The Balaban J connectivity index is 1.70. The van der Waals surface area contributed by atoms with E-state index in [1.54, 1.807) is 44.2 Å². The molecular weight excluding hydrogens is 476 g/mol. The third-order valence-corrected chi connectivity index (χ3v) is 5.93. The Morgan fingerprint density at radius 3 is 2.77 bits per heavy atom. The highest BCUT2D eigenvalue weighted by atomic mass is 79.9. The van der Waals surface area contributed by atoms with Crippen LogP contribution in [0, 0.1) is 11.3 Å². The van der Waals surface area contributed by atoms with Gasteiger partial charge in [-0.25, -0.2) is 9.78 Å². The summed E-state index contributed by atoms with van der Waals surface area (Å²) in [6, 6.07) is 18.8. The van der Waals surface area contributed by atoms with Crippen molar-refractivity contribution in [3.63, 3.8) is 0 Å². The molecule has 2 heterocycles. The summed E-state index contributed by atoms with van der Waals surface area (Å²) < 4.78 is 13.1. The van der Waals surface area contributed by atoms with E-state index in [2.05, 4.69) is 27.0 Å². The number of benzene rings is 2. The molecule has 0 atom stereocenters. The summed E-state index contributed by atoms with van der Waals surface area (Å²) in [4.78, 5) is 17.1. The second kappa shape index (κ2) is 8.88. The number of esters is 1. The maximum Gasteiger partial charge on any atom is 0.339 e. The highest BCUT2D eigenvalue weighted by molar-refractivity contribution is 9.10. The smallest absolute Gasteiger partial charge is 0.339 e. The molecule has 0 bridgehead atoms. The van der Waals surface area contributed by atoms with Gasteiger partial charge < -0.3 is 9.15 Å². The number of fused-ring (bicyclic) bond motifs is 1. The summed E-state index contributed by atoms with van der Waals surface area (Å²) in [5, 5.41) is 10.3. The van der Waals surface area contributed by atoms with E-state index in [4.69, 9.17) is 9.15 Å². The molecule has 0 unspecified atom stereocenters. The van der Waals surface area contributed by atoms with Crippen LogP contribution in [-0.2, 0) is 4.74 Å². The Morgan fingerprint density at radius 2 is 2.03 bits per heavy atom. The van der Waals surface area contributed by atoms with Crippen LogP contribution in [0.5, 0.6) is 0 Å². The molecular formula is C24H17BrN2O3S. The average Bonchev–Trinajstić information content (AvgIpc) is 3.38. The maximum atomic E-state index is 12.6. The third kappa shape index (κ3) is 4.61. The zero-order chi connectivity index (χ0) is 22.0. The van der Waals surface area contributed by atoms with Crippen LogP contribution in [0.15, 0.2) is 63.5 Å². The first-order valence-corrected chi connectivity index (χ1v) is 11.1. The monoisotopic (exact) mass is 492 g/mol. The molecule has 0 saturated carbocycles.